The van der Waals surface area contributed by atoms with Crippen LogP contribution in [0.3, 0.4) is 0 Å². The SMILES string of the molecule is O=C1C2C(c3ccccc3Cl)OC3(C(=O)c4ccccc4C3=O)C2C(=O)N1c1cccc2ccccc12. The molecule has 4 aromatic rings. The molecule has 0 bridgehead atoms. The van der Waals surface area contributed by atoms with Gasteiger partial charge in [-0.1, -0.05) is 90.5 Å². The number of ether oxygens (including phenoxy) is 1. The number of nitrogens with zero attached hydrogens (tertiary/aromatic N) is 1. The summed E-state index contributed by atoms with van der Waals surface area (Å²) >= 11 is 6.51. The number of carbonyl (C=O) groups is 4. The van der Waals surface area contributed by atoms with Crippen molar-refractivity contribution >= 4 is 51.4 Å². The van der Waals surface area contributed by atoms with Crippen molar-refractivity contribution in [1.29, 1.82) is 0 Å². The van der Waals surface area contributed by atoms with E-state index in [1.165, 1.54) is 0 Å². The third kappa shape index (κ3) is 2.74. The van der Waals surface area contributed by atoms with Crippen molar-refractivity contribution in [3.05, 3.63) is 113 Å². The van der Waals surface area contributed by atoms with Crippen LogP contribution in [0.4, 0.5) is 5.69 Å². The van der Waals surface area contributed by atoms with Gasteiger partial charge in [-0.15, -0.1) is 0 Å². The zero-order valence-electron chi connectivity index (χ0n) is 19.3. The standard InChI is InChI=1S/C30H18ClNO5/c31-21-14-6-5-13-20(21)25-23-24(30(37-25)26(33)18-11-3-4-12-19(18)27(30)34)29(36)32(28(23)35)22-15-7-9-16-8-1-2-10-17(16)22/h1-15,23-25H. The lowest BCUT2D eigenvalue weighted by molar-refractivity contribution is -0.127. The molecule has 37 heavy (non-hydrogen) atoms. The fourth-order valence-corrected chi connectivity index (χ4v) is 6.39. The first-order chi connectivity index (χ1) is 17.9. The van der Waals surface area contributed by atoms with Crippen LogP contribution in [0.25, 0.3) is 10.8 Å². The third-order valence-corrected chi connectivity index (χ3v) is 8.08. The van der Waals surface area contributed by atoms with Gasteiger partial charge in [0.15, 0.2) is 0 Å². The first-order valence-electron chi connectivity index (χ1n) is 11.9. The molecule has 7 rings (SSSR count). The molecule has 180 valence electrons. The largest absolute Gasteiger partial charge is 0.349 e. The number of imide groups is 1. The Balaban J connectivity index is 1.46. The summed E-state index contributed by atoms with van der Waals surface area (Å²) in [7, 11) is 0. The monoisotopic (exact) mass is 507 g/mol. The molecule has 0 saturated carbocycles. The normalized spacial score (nSPS) is 23.8. The summed E-state index contributed by atoms with van der Waals surface area (Å²) < 4.78 is 6.31. The number of Topliss-reactive ketones (excluding diaryl/α,β-unsaturated/α-hetero) is 2. The molecule has 1 aliphatic carbocycles. The second-order valence-corrected chi connectivity index (χ2v) is 9.92. The van der Waals surface area contributed by atoms with Gasteiger partial charge in [0.1, 0.15) is 0 Å². The topological polar surface area (TPSA) is 80.8 Å². The summed E-state index contributed by atoms with van der Waals surface area (Å²) in [5.41, 5.74) is -0.895. The smallest absolute Gasteiger partial charge is 0.241 e. The lowest BCUT2D eigenvalue weighted by atomic mass is 9.77. The predicted octanol–water partition coefficient (Wildman–Crippen LogP) is 5.19. The summed E-state index contributed by atoms with van der Waals surface area (Å²) in [5, 5.41) is 1.89. The fourth-order valence-electron chi connectivity index (χ4n) is 6.15. The van der Waals surface area contributed by atoms with Crippen molar-refractivity contribution in [2.75, 3.05) is 4.90 Å². The lowest BCUT2D eigenvalue weighted by Crippen LogP contribution is -2.51. The summed E-state index contributed by atoms with van der Waals surface area (Å²) in [6, 6.07) is 26.0. The maximum Gasteiger partial charge on any atom is 0.241 e. The molecule has 0 N–H and O–H groups in total. The molecule has 3 unspecified atom stereocenters. The molecule has 4 aromatic carbocycles. The number of anilines is 1. The molecule has 2 amide bonds. The molecule has 2 heterocycles. The van der Waals surface area contributed by atoms with E-state index < -0.39 is 46.9 Å². The molecule has 0 aromatic heterocycles. The first kappa shape index (κ1) is 22.1. The Bertz CT molecular complexity index is 1650. The van der Waals surface area contributed by atoms with Gasteiger partial charge in [-0.25, -0.2) is 4.90 Å². The van der Waals surface area contributed by atoms with Crippen LogP contribution in [0.1, 0.15) is 32.4 Å². The predicted molar refractivity (Wildman–Crippen MR) is 137 cm³/mol. The Morgan fingerprint density at radius 3 is 2.05 bits per heavy atom. The maximum atomic E-state index is 14.2. The van der Waals surface area contributed by atoms with Crippen molar-refractivity contribution in [1.82, 2.24) is 0 Å². The van der Waals surface area contributed by atoms with Gasteiger partial charge < -0.3 is 4.74 Å². The molecule has 3 atom stereocenters. The van der Waals surface area contributed by atoms with Crippen LogP contribution < -0.4 is 4.90 Å². The second-order valence-electron chi connectivity index (χ2n) is 9.51. The van der Waals surface area contributed by atoms with Crippen molar-refractivity contribution in [2.24, 2.45) is 11.8 Å². The molecule has 1 spiro atoms. The number of fused-ring (bicyclic) bond motifs is 4. The average molecular weight is 508 g/mol. The zero-order valence-corrected chi connectivity index (χ0v) is 20.0. The molecule has 3 aliphatic rings. The highest BCUT2D eigenvalue weighted by Gasteiger charge is 2.75. The molecule has 2 saturated heterocycles. The van der Waals surface area contributed by atoms with Gasteiger partial charge in [-0.2, -0.15) is 0 Å². The van der Waals surface area contributed by atoms with Crippen molar-refractivity contribution in [3.8, 4) is 0 Å². The Kier molecular flexibility index (Phi) is 4.59. The first-order valence-corrected chi connectivity index (χ1v) is 12.3. The van der Waals surface area contributed by atoms with Gasteiger partial charge in [-0.3, -0.25) is 19.2 Å². The number of carbonyl (C=O) groups excluding carboxylic acids is 4. The van der Waals surface area contributed by atoms with Gasteiger partial charge in [-0.05, 0) is 17.5 Å². The van der Waals surface area contributed by atoms with Crippen LogP contribution in [0, 0.1) is 11.8 Å². The quantitative estimate of drug-likeness (QED) is 0.275. The van der Waals surface area contributed by atoms with Gasteiger partial charge in [0.2, 0.25) is 29.0 Å². The van der Waals surface area contributed by atoms with Crippen LogP contribution in [-0.2, 0) is 14.3 Å². The van der Waals surface area contributed by atoms with Crippen molar-refractivity contribution in [2.45, 2.75) is 11.7 Å². The van der Waals surface area contributed by atoms with Crippen molar-refractivity contribution in [3.63, 3.8) is 0 Å². The van der Waals surface area contributed by atoms with E-state index in [4.69, 9.17) is 16.3 Å². The molecule has 0 radical (unpaired) electrons. The fraction of sp³-hybridized carbons (Fsp3) is 0.133. The number of hydrogen-bond donors (Lipinski definition) is 0. The zero-order chi connectivity index (χ0) is 25.5. The second kappa shape index (κ2) is 7.68. The Morgan fingerprint density at radius 2 is 1.32 bits per heavy atom. The minimum atomic E-state index is -2.13. The van der Waals surface area contributed by atoms with E-state index in [2.05, 4.69) is 0 Å². The van der Waals surface area contributed by atoms with Crippen LogP contribution >= 0.6 is 11.6 Å². The van der Waals surface area contributed by atoms with Crippen LogP contribution in [-0.4, -0.2) is 29.0 Å². The van der Waals surface area contributed by atoms with Crippen LogP contribution in [0.15, 0.2) is 91.0 Å². The summed E-state index contributed by atoms with van der Waals surface area (Å²) in [6.45, 7) is 0. The van der Waals surface area contributed by atoms with Gasteiger partial charge >= 0.3 is 0 Å². The van der Waals surface area contributed by atoms with E-state index in [-0.39, 0.29) is 11.1 Å². The van der Waals surface area contributed by atoms with Gasteiger partial charge in [0, 0.05) is 27.1 Å². The minimum absolute atomic E-state index is 0.190. The highest BCUT2D eigenvalue weighted by atomic mass is 35.5. The number of halogens is 1. The van der Waals surface area contributed by atoms with E-state index in [1.807, 2.05) is 30.3 Å². The Morgan fingerprint density at radius 1 is 0.703 bits per heavy atom. The van der Waals surface area contributed by atoms with E-state index in [9.17, 15) is 19.2 Å². The van der Waals surface area contributed by atoms with Gasteiger partial charge in [0.25, 0.3) is 0 Å². The average Bonchev–Trinajstić information content (AvgIpc) is 3.48. The highest BCUT2D eigenvalue weighted by Crippen LogP contribution is 2.58. The lowest BCUT2D eigenvalue weighted by Gasteiger charge is -2.27. The third-order valence-electron chi connectivity index (χ3n) is 7.74. The Labute approximate surface area is 216 Å². The molecular weight excluding hydrogens is 490 g/mol. The molecule has 6 nitrogen and oxygen atoms in total. The molecular formula is C30H18ClNO5. The number of benzene rings is 4. The Hall–Kier alpha value is -4.13. The number of rotatable bonds is 2. The van der Waals surface area contributed by atoms with E-state index in [1.54, 1.807) is 60.7 Å². The minimum Gasteiger partial charge on any atom is -0.349 e. The summed E-state index contributed by atoms with van der Waals surface area (Å²) in [4.78, 5) is 57.2. The highest BCUT2D eigenvalue weighted by molar-refractivity contribution is 6.37. The van der Waals surface area contributed by atoms with E-state index in [0.29, 0.717) is 21.7 Å². The number of ketones is 2. The van der Waals surface area contributed by atoms with Crippen LogP contribution in [0.5, 0.6) is 0 Å². The van der Waals surface area contributed by atoms with E-state index in [0.717, 1.165) is 10.3 Å². The maximum absolute atomic E-state index is 14.2. The molecule has 2 aliphatic heterocycles. The summed E-state index contributed by atoms with van der Waals surface area (Å²) in [5.74, 6) is -4.78. The number of hydrogen-bond acceptors (Lipinski definition) is 5. The summed E-state index contributed by atoms with van der Waals surface area (Å²) in [6.07, 6.45) is -1.06. The van der Waals surface area contributed by atoms with Crippen LogP contribution in [0.2, 0.25) is 5.02 Å². The van der Waals surface area contributed by atoms with Crippen molar-refractivity contribution < 1.29 is 23.9 Å². The van der Waals surface area contributed by atoms with E-state index >= 15 is 0 Å². The van der Waals surface area contributed by atoms with Gasteiger partial charge in [0.05, 0.1) is 23.6 Å². The number of amides is 2. The molecule has 2 fully saturated rings. The molecule has 7 heteroatoms.